The molecule has 1 N–H and O–H groups in total. The van der Waals surface area contributed by atoms with E-state index in [1.54, 1.807) is 6.21 Å². The maximum absolute atomic E-state index is 11.5. The van der Waals surface area contributed by atoms with Gasteiger partial charge in [-0.25, -0.2) is 9.79 Å². The molecule has 1 aliphatic rings. The van der Waals surface area contributed by atoms with Crippen molar-refractivity contribution in [3.63, 3.8) is 0 Å². The van der Waals surface area contributed by atoms with Crippen molar-refractivity contribution in [3.8, 4) is 0 Å². The third kappa shape index (κ3) is 1.61. The fourth-order valence-corrected chi connectivity index (χ4v) is 2.25. The minimum absolute atomic E-state index is 0.303. The van der Waals surface area contributed by atoms with E-state index < -0.39 is 5.54 Å². The number of nitrogens with zero attached hydrogens (tertiary/aromatic N) is 1. The highest BCUT2D eigenvalue weighted by atomic mass is 16.2. The molecule has 0 fully saturated rings. The molecule has 2 aromatic carbocycles. The number of urea groups is 1. The molecule has 18 heavy (non-hydrogen) atoms. The zero-order valence-electron chi connectivity index (χ0n) is 9.71. The lowest BCUT2D eigenvalue weighted by atomic mass is 9.84. The van der Waals surface area contributed by atoms with E-state index in [1.165, 1.54) is 0 Å². The first-order chi connectivity index (χ1) is 8.81. The van der Waals surface area contributed by atoms with Crippen molar-refractivity contribution in [1.82, 2.24) is 5.32 Å². The van der Waals surface area contributed by atoms with Crippen molar-refractivity contribution in [1.29, 1.82) is 0 Å². The number of carbonyl (C=O) groups is 1. The molecule has 0 bridgehead atoms. The van der Waals surface area contributed by atoms with Gasteiger partial charge in [-0.3, -0.25) is 0 Å². The zero-order valence-corrected chi connectivity index (χ0v) is 9.71. The van der Waals surface area contributed by atoms with E-state index >= 15 is 0 Å². The number of aliphatic imine (C=N–C) groups is 1. The van der Waals surface area contributed by atoms with Gasteiger partial charge in [-0.2, -0.15) is 0 Å². The van der Waals surface area contributed by atoms with E-state index in [-0.39, 0.29) is 6.03 Å². The fraction of sp³-hybridized carbons (Fsp3) is 0.0667. The minimum Gasteiger partial charge on any atom is -0.318 e. The zero-order chi connectivity index (χ0) is 12.4. The topological polar surface area (TPSA) is 41.5 Å². The smallest absolute Gasteiger partial charge is 0.318 e. The fourth-order valence-electron chi connectivity index (χ4n) is 2.25. The number of nitrogens with one attached hydrogen (secondary N) is 1. The summed E-state index contributed by atoms with van der Waals surface area (Å²) in [7, 11) is 0. The molecule has 0 spiro atoms. The van der Waals surface area contributed by atoms with E-state index in [4.69, 9.17) is 0 Å². The molecule has 3 rings (SSSR count). The van der Waals surface area contributed by atoms with Crippen molar-refractivity contribution >= 4 is 12.2 Å². The van der Waals surface area contributed by atoms with Crippen LogP contribution in [0.1, 0.15) is 11.1 Å². The standard InChI is InChI=1S/C15H12N2O/c18-14-16-11-15(17-14,12-7-3-1-4-8-12)13-9-5-2-6-10-13/h1-11H,(H,17,18). The molecule has 3 nitrogen and oxygen atoms in total. The summed E-state index contributed by atoms with van der Waals surface area (Å²) in [5, 5.41) is 2.94. The summed E-state index contributed by atoms with van der Waals surface area (Å²) in [6, 6.07) is 19.4. The third-order valence-corrected chi connectivity index (χ3v) is 3.14. The van der Waals surface area contributed by atoms with Crippen LogP contribution in [-0.2, 0) is 5.54 Å². The average Bonchev–Trinajstić information content (AvgIpc) is 2.84. The van der Waals surface area contributed by atoms with Crippen molar-refractivity contribution in [3.05, 3.63) is 71.8 Å². The van der Waals surface area contributed by atoms with Crippen LogP contribution in [0.5, 0.6) is 0 Å². The van der Waals surface area contributed by atoms with Crippen molar-refractivity contribution in [2.24, 2.45) is 4.99 Å². The Balaban J connectivity index is 2.18. The van der Waals surface area contributed by atoms with Crippen LogP contribution >= 0.6 is 0 Å². The van der Waals surface area contributed by atoms with Crippen molar-refractivity contribution in [2.75, 3.05) is 0 Å². The third-order valence-electron chi connectivity index (χ3n) is 3.14. The van der Waals surface area contributed by atoms with Gasteiger partial charge >= 0.3 is 6.03 Å². The normalized spacial score (nSPS) is 16.6. The summed E-state index contributed by atoms with van der Waals surface area (Å²) in [5.74, 6) is 0. The van der Waals surface area contributed by atoms with E-state index in [1.807, 2.05) is 60.7 Å². The van der Waals surface area contributed by atoms with E-state index in [2.05, 4.69) is 10.3 Å². The Hall–Kier alpha value is -2.42. The SMILES string of the molecule is O=C1N=CC(c2ccccc2)(c2ccccc2)N1. The highest BCUT2D eigenvalue weighted by Gasteiger charge is 2.37. The van der Waals surface area contributed by atoms with Gasteiger partial charge in [0, 0.05) is 6.21 Å². The number of amides is 2. The van der Waals surface area contributed by atoms with Crippen LogP contribution in [0.25, 0.3) is 0 Å². The summed E-state index contributed by atoms with van der Waals surface area (Å²) in [6.45, 7) is 0. The number of carbonyl (C=O) groups excluding carboxylic acids is 1. The molecule has 0 aliphatic carbocycles. The first-order valence-electron chi connectivity index (χ1n) is 5.80. The first-order valence-corrected chi connectivity index (χ1v) is 5.80. The van der Waals surface area contributed by atoms with Gasteiger partial charge in [0.25, 0.3) is 0 Å². The molecule has 0 saturated carbocycles. The van der Waals surface area contributed by atoms with E-state index in [0.717, 1.165) is 11.1 Å². The van der Waals surface area contributed by atoms with Crippen LogP contribution in [0.15, 0.2) is 65.7 Å². The lowest BCUT2D eigenvalue weighted by molar-refractivity contribution is 0.248. The quantitative estimate of drug-likeness (QED) is 0.855. The molecule has 0 aromatic heterocycles. The summed E-state index contributed by atoms with van der Waals surface area (Å²) >= 11 is 0. The summed E-state index contributed by atoms with van der Waals surface area (Å²) in [4.78, 5) is 15.4. The molecule has 88 valence electrons. The second-order valence-electron chi connectivity index (χ2n) is 4.23. The van der Waals surface area contributed by atoms with Crippen LogP contribution < -0.4 is 5.32 Å². The number of rotatable bonds is 2. The molecule has 3 heteroatoms. The molecule has 0 unspecified atom stereocenters. The highest BCUT2D eigenvalue weighted by molar-refractivity contribution is 5.98. The van der Waals surface area contributed by atoms with E-state index in [9.17, 15) is 4.79 Å². The average molecular weight is 236 g/mol. The van der Waals surface area contributed by atoms with E-state index in [0.29, 0.717) is 0 Å². The monoisotopic (exact) mass is 236 g/mol. The predicted molar refractivity (Wildman–Crippen MR) is 70.7 cm³/mol. The number of hydrogen-bond acceptors (Lipinski definition) is 1. The minimum atomic E-state index is -0.639. The second kappa shape index (κ2) is 4.11. The maximum Gasteiger partial charge on any atom is 0.341 e. The van der Waals surface area contributed by atoms with Gasteiger partial charge in [-0.1, -0.05) is 60.7 Å². The van der Waals surface area contributed by atoms with Crippen LogP contribution in [0.3, 0.4) is 0 Å². The molecule has 0 atom stereocenters. The van der Waals surface area contributed by atoms with Gasteiger partial charge in [0.2, 0.25) is 0 Å². The van der Waals surface area contributed by atoms with Crippen molar-refractivity contribution in [2.45, 2.75) is 5.54 Å². The molecule has 0 radical (unpaired) electrons. The Morgan fingerprint density at radius 1 is 0.833 bits per heavy atom. The van der Waals surface area contributed by atoms with Crippen LogP contribution in [0.4, 0.5) is 4.79 Å². The van der Waals surface area contributed by atoms with Gasteiger partial charge < -0.3 is 5.32 Å². The van der Waals surface area contributed by atoms with Crippen molar-refractivity contribution < 1.29 is 4.79 Å². The largest absolute Gasteiger partial charge is 0.341 e. The predicted octanol–water partition coefficient (Wildman–Crippen LogP) is 2.72. The summed E-state index contributed by atoms with van der Waals surface area (Å²) in [5.41, 5.74) is 1.37. The Kier molecular flexibility index (Phi) is 2.45. The number of benzene rings is 2. The Morgan fingerprint density at radius 3 is 1.72 bits per heavy atom. The summed E-state index contributed by atoms with van der Waals surface area (Å²) in [6.07, 6.45) is 1.68. The van der Waals surface area contributed by atoms with Crippen LogP contribution in [0.2, 0.25) is 0 Å². The van der Waals surface area contributed by atoms with Gasteiger partial charge in [0.1, 0.15) is 5.54 Å². The lowest BCUT2D eigenvalue weighted by Gasteiger charge is -2.27. The van der Waals surface area contributed by atoms with Crippen LogP contribution in [-0.4, -0.2) is 12.2 Å². The number of hydrogen-bond donors (Lipinski definition) is 1. The summed E-state index contributed by atoms with van der Waals surface area (Å²) < 4.78 is 0. The highest BCUT2D eigenvalue weighted by Crippen LogP contribution is 2.30. The molecule has 2 aromatic rings. The molecule has 0 saturated heterocycles. The van der Waals surface area contributed by atoms with Crippen LogP contribution in [0, 0.1) is 0 Å². The lowest BCUT2D eigenvalue weighted by Crippen LogP contribution is -2.42. The Morgan fingerprint density at radius 2 is 1.33 bits per heavy atom. The Labute approximate surface area is 105 Å². The molecule has 1 aliphatic heterocycles. The van der Waals surface area contributed by atoms with Gasteiger partial charge in [-0.05, 0) is 11.1 Å². The maximum atomic E-state index is 11.5. The Bertz CT molecular complexity index is 551. The van der Waals surface area contributed by atoms with Gasteiger partial charge in [0.15, 0.2) is 0 Å². The molecular weight excluding hydrogens is 224 g/mol. The molecular formula is C15H12N2O. The van der Waals surface area contributed by atoms with Gasteiger partial charge in [-0.15, -0.1) is 0 Å². The first kappa shape index (κ1) is 10.7. The molecule has 1 heterocycles. The van der Waals surface area contributed by atoms with Gasteiger partial charge in [0.05, 0.1) is 0 Å². The second-order valence-corrected chi connectivity index (χ2v) is 4.23. The molecule has 2 amide bonds.